The fourth-order valence-electron chi connectivity index (χ4n) is 1.42. The third-order valence-electron chi connectivity index (χ3n) is 2.21. The van der Waals surface area contributed by atoms with Crippen molar-refractivity contribution in [1.82, 2.24) is 0 Å². The van der Waals surface area contributed by atoms with Gasteiger partial charge in [-0.15, -0.1) is 0 Å². The second kappa shape index (κ2) is 6.16. The summed E-state index contributed by atoms with van der Waals surface area (Å²) in [4.78, 5) is 11.3. The van der Waals surface area contributed by atoms with Crippen LogP contribution in [0.15, 0.2) is 18.2 Å². The summed E-state index contributed by atoms with van der Waals surface area (Å²) in [7, 11) is 0. The van der Waals surface area contributed by atoms with E-state index in [1.807, 2.05) is 39.0 Å². The summed E-state index contributed by atoms with van der Waals surface area (Å²) >= 11 is 0. The first-order chi connectivity index (χ1) is 7.65. The second-order valence-corrected chi connectivity index (χ2v) is 3.73. The lowest BCUT2D eigenvalue weighted by molar-refractivity contribution is -0.146. The topological polar surface area (TPSA) is 35.5 Å². The van der Waals surface area contributed by atoms with E-state index in [1.165, 1.54) is 0 Å². The molecule has 0 heterocycles. The van der Waals surface area contributed by atoms with Crippen LogP contribution in [0.4, 0.5) is 0 Å². The molecular formula is C13H18O3. The summed E-state index contributed by atoms with van der Waals surface area (Å²) < 4.78 is 10.4. The van der Waals surface area contributed by atoms with Crippen molar-refractivity contribution in [3.05, 3.63) is 29.3 Å². The average Bonchev–Trinajstić information content (AvgIpc) is 2.25. The van der Waals surface area contributed by atoms with Crippen molar-refractivity contribution in [2.75, 3.05) is 13.2 Å². The zero-order valence-corrected chi connectivity index (χ0v) is 10.1. The highest BCUT2D eigenvalue weighted by Gasteiger charge is 2.07. The van der Waals surface area contributed by atoms with Crippen LogP contribution in [0.3, 0.4) is 0 Å². The SMILES string of the molecule is CCCOC(=O)COc1c(C)cccc1C. The number of benzene rings is 1. The van der Waals surface area contributed by atoms with Crippen molar-refractivity contribution >= 4 is 5.97 Å². The van der Waals surface area contributed by atoms with Gasteiger partial charge < -0.3 is 9.47 Å². The number of aryl methyl sites for hydroxylation is 2. The molecule has 88 valence electrons. The first-order valence-corrected chi connectivity index (χ1v) is 5.49. The molecule has 0 fully saturated rings. The molecule has 0 aromatic heterocycles. The van der Waals surface area contributed by atoms with Gasteiger partial charge in [-0.3, -0.25) is 0 Å². The first-order valence-electron chi connectivity index (χ1n) is 5.49. The predicted octanol–water partition coefficient (Wildman–Crippen LogP) is 2.64. The van der Waals surface area contributed by atoms with Crippen LogP contribution in [-0.2, 0) is 9.53 Å². The van der Waals surface area contributed by atoms with Crippen LogP contribution in [0.25, 0.3) is 0 Å². The van der Waals surface area contributed by atoms with Crippen molar-refractivity contribution < 1.29 is 14.3 Å². The molecule has 0 aliphatic heterocycles. The van der Waals surface area contributed by atoms with E-state index in [2.05, 4.69) is 0 Å². The first kappa shape index (κ1) is 12.6. The fourth-order valence-corrected chi connectivity index (χ4v) is 1.42. The minimum absolute atomic E-state index is 0.0221. The maximum absolute atomic E-state index is 11.3. The van der Waals surface area contributed by atoms with Crippen LogP contribution >= 0.6 is 0 Å². The molecule has 0 aliphatic rings. The van der Waals surface area contributed by atoms with Gasteiger partial charge in [-0.25, -0.2) is 4.79 Å². The third-order valence-corrected chi connectivity index (χ3v) is 2.21. The molecule has 0 atom stereocenters. The molecule has 0 bridgehead atoms. The van der Waals surface area contributed by atoms with Crippen molar-refractivity contribution in [3.8, 4) is 5.75 Å². The lowest BCUT2D eigenvalue weighted by atomic mass is 10.1. The van der Waals surface area contributed by atoms with Gasteiger partial charge in [-0.2, -0.15) is 0 Å². The van der Waals surface area contributed by atoms with E-state index >= 15 is 0 Å². The summed E-state index contributed by atoms with van der Waals surface area (Å²) in [5.41, 5.74) is 2.06. The summed E-state index contributed by atoms with van der Waals surface area (Å²) in [5.74, 6) is 0.459. The number of esters is 1. The Morgan fingerprint density at radius 3 is 2.44 bits per heavy atom. The number of ether oxygens (including phenoxy) is 2. The van der Waals surface area contributed by atoms with Gasteiger partial charge in [0.2, 0.25) is 0 Å². The van der Waals surface area contributed by atoms with E-state index in [4.69, 9.17) is 9.47 Å². The van der Waals surface area contributed by atoms with Crippen molar-refractivity contribution in [2.45, 2.75) is 27.2 Å². The maximum Gasteiger partial charge on any atom is 0.344 e. The zero-order chi connectivity index (χ0) is 12.0. The Morgan fingerprint density at radius 2 is 1.88 bits per heavy atom. The molecular weight excluding hydrogens is 204 g/mol. The van der Waals surface area contributed by atoms with Crippen LogP contribution in [0.2, 0.25) is 0 Å². The summed E-state index contributed by atoms with van der Waals surface area (Å²) in [6.45, 7) is 6.31. The Balaban J connectivity index is 2.51. The van der Waals surface area contributed by atoms with Crippen LogP contribution < -0.4 is 4.74 Å². The summed E-state index contributed by atoms with van der Waals surface area (Å²) in [5, 5.41) is 0. The quantitative estimate of drug-likeness (QED) is 0.718. The number of rotatable bonds is 5. The van der Waals surface area contributed by atoms with E-state index < -0.39 is 0 Å². The molecule has 3 nitrogen and oxygen atoms in total. The molecule has 0 amide bonds. The lowest BCUT2D eigenvalue weighted by Crippen LogP contribution is -2.16. The molecule has 3 heteroatoms. The van der Waals surface area contributed by atoms with Gasteiger partial charge >= 0.3 is 5.97 Å². The van der Waals surface area contributed by atoms with Crippen molar-refractivity contribution in [2.24, 2.45) is 0 Å². The molecule has 0 unspecified atom stereocenters. The van der Waals surface area contributed by atoms with Gasteiger partial charge in [0.05, 0.1) is 6.61 Å². The minimum Gasteiger partial charge on any atom is -0.481 e. The lowest BCUT2D eigenvalue weighted by Gasteiger charge is -2.11. The monoisotopic (exact) mass is 222 g/mol. The molecule has 16 heavy (non-hydrogen) atoms. The Kier molecular flexibility index (Phi) is 4.83. The molecule has 0 spiro atoms. The van der Waals surface area contributed by atoms with E-state index in [0.29, 0.717) is 6.61 Å². The van der Waals surface area contributed by atoms with E-state index in [-0.39, 0.29) is 12.6 Å². The highest BCUT2D eigenvalue weighted by Crippen LogP contribution is 2.22. The molecule has 1 rings (SSSR count). The molecule has 1 aromatic rings. The fraction of sp³-hybridized carbons (Fsp3) is 0.462. The normalized spacial score (nSPS) is 9.94. The van der Waals surface area contributed by atoms with Gasteiger partial charge in [-0.1, -0.05) is 25.1 Å². The van der Waals surface area contributed by atoms with E-state index in [0.717, 1.165) is 23.3 Å². The smallest absolute Gasteiger partial charge is 0.344 e. The Hall–Kier alpha value is -1.51. The van der Waals surface area contributed by atoms with Crippen molar-refractivity contribution in [1.29, 1.82) is 0 Å². The number of para-hydroxylation sites is 1. The van der Waals surface area contributed by atoms with Gasteiger partial charge in [0, 0.05) is 0 Å². The Labute approximate surface area is 96.4 Å². The van der Waals surface area contributed by atoms with Crippen LogP contribution in [-0.4, -0.2) is 19.2 Å². The number of hydrogen-bond acceptors (Lipinski definition) is 3. The molecule has 0 saturated carbocycles. The third kappa shape index (κ3) is 3.57. The van der Waals surface area contributed by atoms with Crippen molar-refractivity contribution in [3.63, 3.8) is 0 Å². The molecule has 0 N–H and O–H groups in total. The number of hydrogen-bond donors (Lipinski definition) is 0. The molecule has 1 aromatic carbocycles. The summed E-state index contributed by atoms with van der Waals surface area (Å²) in [6, 6.07) is 5.88. The van der Waals surface area contributed by atoms with Crippen LogP contribution in [0.5, 0.6) is 5.75 Å². The molecule has 0 saturated heterocycles. The van der Waals surface area contributed by atoms with Crippen LogP contribution in [0, 0.1) is 13.8 Å². The number of carbonyl (C=O) groups excluding carboxylic acids is 1. The van der Waals surface area contributed by atoms with Gasteiger partial charge in [0.15, 0.2) is 6.61 Å². The zero-order valence-electron chi connectivity index (χ0n) is 10.1. The van der Waals surface area contributed by atoms with Gasteiger partial charge in [0.1, 0.15) is 5.75 Å². The van der Waals surface area contributed by atoms with E-state index in [1.54, 1.807) is 0 Å². The minimum atomic E-state index is -0.315. The van der Waals surface area contributed by atoms with E-state index in [9.17, 15) is 4.79 Å². The standard InChI is InChI=1S/C13H18O3/c1-4-8-15-12(14)9-16-13-10(2)6-5-7-11(13)3/h5-7H,4,8-9H2,1-3H3. The maximum atomic E-state index is 11.3. The van der Waals surface area contributed by atoms with Gasteiger partial charge in [0.25, 0.3) is 0 Å². The predicted molar refractivity (Wildman–Crippen MR) is 62.7 cm³/mol. The molecule has 0 radical (unpaired) electrons. The number of carbonyl (C=O) groups is 1. The Morgan fingerprint density at radius 1 is 1.25 bits per heavy atom. The van der Waals surface area contributed by atoms with Crippen LogP contribution in [0.1, 0.15) is 24.5 Å². The highest BCUT2D eigenvalue weighted by atomic mass is 16.6. The highest BCUT2D eigenvalue weighted by molar-refractivity contribution is 5.71. The van der Waals surface area contributed by atoms with Gasteiger partial charge in [-0.05, 0) is 31.4 Å². The second-order valence-electron chi connectivity index (χ2n) is 3.73. The Bertz CT molecular complexity index is 338. The average molecular weight is 222 g/mol. The largest absolute Gasteiger partial charge is 0.481 e. The summed E-state index contributed by atoms with van der Waals surface area (Å²) in [6.07, 6.45) is 0.829. The molecule has 0 aliphatic carbocycles.